The van der Waals surface area contributed by atoms with Gasteiger partial charge < -0.3 is 14.5 Å². The fourth-order valence-corrected chi connectivity index (χ4v) is 2.43. The Morgan fingerprint density at radius 2 is 2.10 bits per heavy atom. The van der Waals surface area contributed by atoms with Crippen molar-refractivity contribution in [3.63, 3.8) is 0 Å². The molecular formula is C15H25NO3S. The number of nitrogens with one attached hydrogen (secondary N) is 1. The molecule has 0 saturated carbocycles. The maximum Gasteiger partial charge on any atom is 0.373 e. The van der Waals surface area contributed by atoms with E-state index < -0.39 is 5.97 Å². The second kappa shape index (κ2) is 9.88. The highest BCUT2D eigenvalue weighted by Crippen LogP contribution is 2.17. The van der Waals surface area contributed by atoms with Gasteiger partial charge in [0.1, 0.15) is 5.76 Å². The number of esters is 1. The van der Waals surface area contributed by atoms with Crippen LogP contribution in [0.15, 0.2) is 16.5 Å². The van der Waals surface area contributed by atoms with E-state index in [0.29, 0.717) is 0 Å². The molecule has 0 saturated heterocycles. The number of hydrogen-bond acceptors (Lipinski definition) is 5. The molecule has 114 valence electrons. The molecule has 20 heavy (non-hydrogen) atoms. The molecule has 0 aliphatic carbocycles. The first-order valence-corrected chi connectivity index (χ1v) is 8.48. The van der Waals surface area contributed by atoms with Gasteiger partial charge in [-0.15, -0.1) is 0 Å². The number of rotatable bonds is 10. The number of hydrogen-bond donors (Lipinski definition) is 1. The lowest BCUT2D eigenvalue weighted by atomic mass is 10.2. The number of thioether (sulfide) groups is 1. The summed E-state index contributed by atoms with van der Waals surface area (Å²) >= 11 is 1.91. The number of carbonyl (C=O) groups is 1. The third-order valence-electron chi connectivity index (χ3n) is 3.17. The average molecular weight is 299 g/mol. The van der Waals surface area contributed by atoms with Crippen molar-refractivity contribution in [2.75, 3.05) is 25.7 Å². The summed E-state index contributed by atoms with van der Waals surface area (Å²) in [4.78, 5) is 11.3. The molecule has 1 N–H and O–H groups in total. The van der Waals surface area contributed by atoms with Gasteiger partial charge in [-0.3, -0.25) is 0 Å². The molecule has 5 heteroatoms. The fraction of sp³-hybridized carbons (Fsp3) is 0.667. The summed E-state index contributed by atoms with van der Waals surface area (Å²) in [5, 5.41) is 3.41. The standard InChI is InChI=1S/C15H25NO3S/c1-12(16-10-6-4-5-7-11-20-3)13-8-9-14(19-13)15(17)18-2/h8-9,12,16H,4-7,10-11H2,1-3H3. The zero-order valence-electron chi connectivity index (χ0n) is 12.6. The molecule has 1 aromatic heterocycles. The predicted octanol–water partition coefficient (Wildman–Crippen LogP) is 3.64. The molecule has 0 amide bonds. The molecular weight excluding hydrogens is 274 g/mol. The Labute approximate surface area is 125 Å². The molecule has 4 nitrogen and oxygen atoms in total. The average Bonchev–Trinajstić information content (AvgIpc) is 2.95. The molecule has 0 radical (unpaired) electrons. The van der Waals surface area contributed by atoms with E-state index in [9.17, 15) is 4.79 Å². The van der Waals surface area contributed by atoms with Gasteiger partial charge in [0, 0.05) is 0 Å². The van der Waals surface area contributed by atoms with Crippen molar-refractivity contribution in [3.05, 3.63) is 23.7 Å². The van der Waals surface area contributed by atoms with Gasteiger partial charge in [-0.2, -0.15) is 11.8 Å². The van der Waals surface area contributed by atoms with E-state index in [2.05, 4.69) is 16.3 Å². The number of carbonyl (C=O) groups excluding carboxylic acids is 1. The summed E-state index contributed by atoms with van der Waals surface area (Å²) in [5.74, 6) is 1.85. The zero-order chi connectivity index (χ0) is 14.8. The van der Waals surface area contributed by atoms with E-state index in [-0.39, 0.29) is 11.8 Å². The maximum atomic E-state index is 11.3. The Kier molecular flexibility index (Phi) is 8.46. The van der Waals surface area contributed by atoms with Crippen LogP contribution in [0.1, 0.15) is 55.0 Å². The van der Waals surface area contributed by atoms with Gasteiger partial charge in [0.15, 0.2) is 0 Å². The van der Waals surface area contributed by atoms with Gasteiger partial charge >= 0.3 is 5.97 Å². The summed E-state index contributed by atoms with van der Waals surface area (Å²) in [7, 11) is 1.35. The Morgan fingerprint density at radius 3 is 2.80 bits per heavy atom. The van der Waals surface area contributed by atoms with Gasteiger partial charge in [0.05, 0.1) is 13.2 Å². The summed E-state index contributed by atoms with van der Waals surface area (Å²) in [6, 6.07) is 3.59. The van der Waals surface area contributed by atoms with Crippen LogP contribution < -0.4 is 5.32 Å². The molecule has 0 aromatic carbocycles. The topological polar surface area (TPSA) is 51.5 Å². The Hall–Kier alpha value is -0.940. The van der Waals surface area contributed by atoms with E-state index in [1.54, 1.807) is 6.07 Å². The summed E-state index contributed by atoms with van der Waals surface area (Å²) in [6.45, 7) is 3.00. The van der Waals surface area contributed by atoms with Crippen molar-refractivity contribution < 1.29 is 13.9 Å². The SMILES string of the molecule is COC(=O)c1ccc(C(C)NCCCCCCSC)o1. The normalized spacial score (nSPS) is 12.3. The monoisotopic (exact) mass is 299 g/mol. The van der Waals surface area contributed by atoms with Crippen LogP contribution in [-0.4, -0.2) is 31.6 Å². The van der Waals surface area contributed by atoms with E-state index >= 15 is 0 Å². The minimum atomic E-state index is -0.433. The molecule has 0 bridgehead atoms. The Balaban J connectivity index is 2.20. The molecule has 0 aliphatic heterocycles. The smallest absolute Gasteiger partial charge is 0.373 e. The third-order valence-corrected chi connectivity index (χ3v) is 3.86. The van der Waals surface area contributed by atoms with Crippen molar-refractivity contribution in [2.45, 2.75) is 38.6 Å². The second-order valence-corrected chi connectivity index (χ2v) is 5.76. The van der Waals surface area contributed by atoms with Gasteiger partial charge in [-0.1, -0.05) is 12.8 Å². The van der Waals surface area contributed by atoms with Gasteiger partial charge in [-0.25, -0.2) is 4.79 Å². The van der Waals surface area contributed by atoms with Crippen molar-refractivity contribution >= 4 is 17.7 Å². The van der Waals surface area contributed by atoms with Crippen molar-refractivity contribution in [3.8, 4) is 0 Å². The molecule has 0 fully saturated rings. The minimum Gasteiger partial charge on any atom is -0.463 e. The zero-order valence-corrected chi connectivity index (χ0v) is 13.4. The van der Waals surface area contributed by atoms with Gasteiger partial charge in [0.2, 0.25) is 5.76 Å². The van der Waals surface area contributed by atoms with Crippen molar-refractivity contribution in [1.82, 2.24) is 5.32 Å². The highest BCUT2D eigenvalue weighted by atomic mass is 32.2. The van der Waals surface area contributed by atoms with Crippen molar-refractivity contribution in [1.29, 1.82) is 0 Å². The molecule has 1 heterocycles. The lowest BCUT2D eigenvalue weighted by molar-refractivity contribution is 0.0562. The van der Waals surface area contributed by atoms with Crippen LogP contribution in [0.2, 0.25) is 0 Å². The van der Waals surface area contributed by atoms with Crippen LogP contribution in [0.3, 0.4) is 0 Å². The highest BCUT2D eigenvalue weighted by Gasteiger charge is 2.14. The minimum absolute atomic E-state index is 0.111. The largest absolute Gasteiger partial charge is 0.463 e. The Morgan fingerprint density at radius 1 is 1.35 bits per heavy atom. The second-order valence-electron chi connectivity index (χ2n) is 4.78. The fourth-order valence-electron chi connectivity index (χ4n) is 1.94. The Bertz CT molecular complexity index is 392. The van der Waals surface area contributed by atoms with E-state index in [1.807, 2.05) is 24.8 Å². The van der Waals surface area contributed by atoms with E-state index in [0.717, 1.165) is 12.3 Å². The number of unbranched alkanes of at least 4 members (excludes halogenated alkanes) is 3. The maximum absolute atomic E-state index is 11.3. The molecule has 1 aromatic rings. The summed E-state index contributed by atoms with van der Waals surface area (Å²) < 4.78 is 10.1. The number of ether oxygens (including phenoxy) is 1. The number of methoxy groups -OCH3 is 1. The highest BCUT2D eigenvalue weighted by molar-refractivity contribution is 7.98. The van der Waals surface area contributed by atoms with Crippen LogP contribution in [0, 0.1) is 0 Å². The van der Waals surface area contributed by atoms with Crippen LogP contribution >= 0.6 is 11.8 Å². The molecule has 1 rings (SSSR count). The first-order valence-electron chi connectivity index (χ1n) is 7.09. The third kappa shape index (κ3) is 6.01. The molecule has 1 unspecified atom stereocenters. The first-order chi connectivity index (χ1) is 9.69. The lowest BCUT2D eigenvalue weighted by Gasteiger charge is -2.11. The van der Waals surface area contributed by atoms with Crippen LogP contribution in [0.25, 0.3) is 0 Å². The van der Waals surface area contributed by atoms with E-state index in [4.69, 9.17) is 4.42 Å². The lowest BCUT2D eigenvalue weighted by Crippen LogP contribution is -2.19. The van der Waals surface area contributed by atoms with Crippen molar-refractivity contribution in [2.24, 2.45) is 0 Å². The van der Waals surface area contributed by atoms with Crippen LogP contribution in [0.4, 0.5) is 0 Å². The molecule has 1 atom stereocenters. The van der Waals surface area contributed by atoms with Gasteiger partial charge in [0.25, 0.3) is 0 Å². The predicted molar refractivity (Wildman–Crippen MR) is 83.3 cm³/mol. The van der Waals surface area contributed by atoms with Gasteiger partial charge in [-0.05, 0) is 50.5 Å². The molecule has 0 spiro atoms. The van der Waals surface area contributed by atoms with Crippen LogP contribution in [-0.2, 0) is 4.74 Å². The van der Waals surface area contributed by atoms with E-state index in [1.165, 1.54) is 38.5 Å². The quantitative estimate of drug-likeness (QED) is 0.528. The molecule has 0 aliphatic rings. The van der Waals surface area contributed by atoms with Crippen LogP contribution in [0.5, 0.6) is 0 Å². The number of furan rings is 1. The summed E-state index contributed by atoms with van der Waals surface area (Å²) in [6.07, 6.45) is 7.17. The first kappa shape index (κ1) is 17.1. The summed E-state index contributed by atoms with van der Waals surface area (Å²) in [5.41, 5.74) is 0.